The summed E-state index contributed by atoms with van der Waals surface area (Å²) in [6.45, 7) is 5.63. The van der Waals surface area contributed by atoms with Crippen molar-refractivity contribution >= 4 is 17.8 Å². The number of benzene rings is 2. The summed E-state index contributed by atoms with van der Waals surface area (Å²) in [6, 6.07) is 19.1. The van der Waals surface area contributed by atoms with Crippen LogP contribution in [0.25, 0.3) is 11.3 Å². The molecule has 0 bridgehead atoms. The van der Waals surface area contributed by atoms with E-state index in [4.69, 9.17) is 4.74 Å². The van der Waals surface area contributed by atoms with Gasteiger partial charge in [0.2, 0.25) is 0 Å². The highest BCUT2D eigenvalue weighted by atomic mass is 19.1. The van der Waals surface area contributed by atoms with Crippen molar-refractivity contribution in [2.75, 3.05) is 11.9 Å². The van der Waals surface area contributed by atoms with Crippen molar-refractivity contribution in [3.8, 4) is 17.3 Å². The third-order valence-electron chi connectivity index (χ3n) is 6.34. The summed E-state index contributed by atoms with van der Waals surface area (Å²) in [4.78, 5) is 34.2. The third kappa shape index (κ3) is 8.58. The van der Waals surface area contributed by atoms with Gasteiger partial charge in [-0.25, -0.2) is 18.6 Å². The van der Waals surface area contributed by atoms with Gasteiger partial charge in [-0.05, 0) is 68.7 Å². The van der Waals surface area contributed by atoms with E-state index in [1.54, 1.807) is 75.5 Å². The second-order valence-electron chi connectivity index (χ2n) is 10.8. The molecular formula is C33H32F2N6O3. The van der Waals surface area contributed by atoms with Crippen LogP contribution in [0, 0.1) is 23.0 Å². The number of nitrogens with zero attached hydrogens (tertiary/aromatic N) is 3. The van der Waals surface area contributed by atoms with Crippen molar-refractivity contribution in [1.29, 1.82) is 5.26 Å². The van der Waals surface area contributed by atoms with Crippen LogP contribution in [0.5, 0.6) is 0 Å². The Hall–Kier alpha value is -5.37. The second-order valence-corrected chi connectivity index (χ2v) is 10.8. The SMILES string of the molecule is CC(C)(C)OC(=O)NCc1ncccc1CNC(=O)c1cc(F)c(-c2ccccc2C#N)nc1NCCc1cccc(F)c1. The van der Waals surface area contributed by atoms with E-state index in [1.165, 1.54) is 12.1 Å². The molecule has 0 fully saturated rings. The van der Waals surface area contributed by atoms with Gasteiger partial charge in [0.05, 0.1) is 29.4 Å². The molecule has 0 unspecified atom stereocenters. The highest BCUT2D eigenvalue weighted by Crippen LogP contribution is 2.28. The first-order chi connectivity index (χ1) is 21.0. The largest absolute Gasteiger partial charge is 0.444 e. The lowest BCUT2D eigenvalue weighted by Gasteiger charge is -2.20. The zero-order valence-corrected chi connectivity index (χ0v) is 24.6. The number of nitrogens with one attached hydrogen (secondary N) is 3. The molecule has 0 atom stereocenters. The number of halogens is 2. The van der Waals surface area contributed by atoms with Crippen molar-refractivity contribution in [1.82, 2.24) is 20.6 Å². The van der Waals surface area contributed by atoms with Crippen molar-refractivity contribution < 1.29 is 23.1 Å². The molecule has 0 aliphatic rings. The standard InChI is InChI=1S/C33H32F2N6O3/c1-33(2,3)44-32(43)40-20-28-23(10-7-14-37-28)19-39-31(42)26-17-27(35)29(25-12-5-4-9-22(25)18-36)41-30(26)38-15-13-21-8-6-11-24(34)16-21/h4-12,14,16-17H,13,15,19-20H2,1-3H3,(H,38,41)(H,39,42)(H,40,43). The maximum atomic E-state index is 15.5. The third-order valence-corrected chi connectivity index (χ3v) is 6.34. The number of amides is 2. The van der Waals surface area contributed by atoms with E-state index in [0.717, 1.165) is 11.6 Å². The summed E-state index contributed by atoms with van der Waals surface area (Å²) in [7, 11) is 0. The topological polar surface area (TPSA) is 129 Å². The first-order valence-electron chi connectivity index (χ1n) is 13.9. The van der Waals surface area contributed by atoms with Gasteiger partial charge in [0, 0.05) is 24.8 Å². The molecule has 0 aliphatic carbocycles. The fourth-order valence-corrected chi connectivity index (χ4v) is 4.32. The molecule has 2 aromatic carbocycles. The molecule has 0 saturated carbocycles. The Kier molecular flexibility index (Phi) is 10.2. The summed E-state index contributed by atoms with van der Waals surface area (Å²) >= 11 is 0. The van der Waals surface area contributed by atoms with Crippen molar-refractivity contribution in [3.05, 3.63) is 113 Å². The average Bonchev–Trinajstić information content (AvgIpc) is 2.99. The molecule has 4 aromatic rings. The quantitative estimate of drug-likeness (QED) is 0.207. The zero-order chi connectivity index (χ0) is 31.7. The Morgan fingerprint density at radius 2 is 1.77 bits per heavy atom. The molecule has 3 N–H and O–H groups in total. The predicted octanol–water partition coefficient (Wildman–Crippen LogP) is 5.90. The van der Waals surface area contributed by atoms with Gasteiger partial charge in [0.1, 0.15) is 28.7 Å². The molecule has 0 radical (unpaired) electrons. The lowest BCUT2D eigenvalue weighted by molar-refractivity contribution is 0.0522. The van der Waals surface area contributed by atoms with Crippen LogP contribution in [0.15, 0.2) is 72.9 Å². The number of hydrogen-bond donors (Lipinski definition) is 3. The van der Waals surface area contributed by atoms with Crippen LogP contribution in [-0.2, 0) is 24.2 Å². The molecule has 44 heavy (non-hydrogen) atoms. The Bertz CT molecular complexity index is 1700. The van der Waals surface area contributed by atoms with Crippen LogP contribution >= 0.6 is 0 Å². The van der Waals surface area contributed by atoms with Gasteiger partial charge >= 0.3 is 6.09 Å². The number of nitriles is 1. The van der Waals surface area contributed by atoms with Crippen LogP contribution in [0.2, 0.25) is 0 Å². The number of rotatable bonds is 10. The number of aromatic nitrogens is 2. The number of carbonyl (C=O) groups excluding carboxylic acids is 2. The first kappa shape index (κ1) is 31.6. The van der Waals surface area contributed by atoms with E-state index in [0.29, 0.717) is 17.7 Å². The summed E-state index contributed by atoms with van der Waals surface area (Å²) < 4.78 is 34.4. The Balaban J connectivity index is 1.56. The molecule has 11 heteroatoms. The van der Waals surface area contributed by atoms with Gasteiger partial charge in [0.25, 0.3) is 5.91 Å². The summed E-state index contributed by atoms with van der Waals surface area (Å²) in [5, 5.41) is 18.1. The Morgan fingerprint density at radius 1 is 0.977 bits per heavy atom. The molecule has 0 saturated heterocycles. The molecule has 226 valence electrons. The van der Waals surface area contributed by atoms with E-state index in [-0.39, 0.29) is 53.7 Å². The van der Waals surface area contributed by atoms with Crippen LogP contribution in [0.4, 0.5) is 19.4 Å². The van der Waals surface area contributed by atoms with Gasteiger partial charge in [-0.15, -0.1) is 0 Å². The van der Waals surface area contributed by atoms with Gasteiger partial charge in [-0.1, -0.05) is 36.4 Å². The van der Waals surface area contributed by atoms with Crippen molar-refractivity contribution in [2.45, 2.75) is 45.9 Å². The molecule has 2 aromatic heterocycles. The number of carbonyl (C=O) groups is 2. The minimum atomic E-state index is -0.780. The Morgan fingerprint density at radius 3 is 2.52 bits per heavy atom. The number of alkyl carbamates (subject to hydrolysis) is 1. The van der Waals surface area contributed by atoms with Gasteiger partial charge < -0.3 is 20.7 Å². The van der Waals surface area contributed by atoms with Crippen LogP contribution in [-0.4, -0.2) is 34.1 Å². The monoisotopic (exact) mass is 598 g/mol. The zero-order valence-electron chi connectivity index (χ0n) is 24.6. The number of hydrogen-bond acceptors (Lipinski definition) is 7. The molecule has 9 nitrogen and oxygen atoms in total. The average molecular weight is 599 g/mol. The molecule has 2 heterocycles. The van der Waals surface area contributed by atoms with E-state index in [1.807, 2.05) is 6.07 Å². The number of pyridine rings is 2. The lowest BCUT2D eigenvalue weighted by Crippen LogP contribution is -2.33. The minimum Gasteiger partial charge on any atom is -0.444 e. The summed E-state index contributed by atoms with van der Waals surface area (Å²) in [5.41, 5.74) is 1.57. The highest BCUT2D eigenvalue weighted by molar-refractivity contribution is 5.99. The molecule has 4 rings (SSSR count). The smallest absolute Gasteiger partial charge is 0.407 e. The fourth-order valence-electron chi connectivity index (χ4n) is 4.32. The van der Waals surface area contributed by atoms with Crippen molar-refractivity contribution in [3.63, 3.8) is 0 Å². The lowest BCUT2D eigenvalue weighted by atomic mass is 10.0. The van der Waals surface area contributed by atoms with Crippen LogP contribution in [0.3, 0.4) is 0 Å². The molecular weight excluding hydrogens is 566 g/mol. The maximum absolute atomic E-state index is 15.5. The second kappa shape index (κ2) is 14.2. The van der Waals surface area contributed by atoms with Crippen LogP contribution in [0.1, 0.15) is 53.5 Å². The van der Waals surface area contributed by atoms with Gasteiger partial charge in [-0.3, -0.25) is 9.78 Å². The van der Waals surface area contributed by atoms with E-state index < -0.39 is 23.4 Å². The van der Waals surface area contributed by atoms with E-state index in [2.05, 4.69) is 25.9 Å². The number of anilines is 1. The summed E-state index contributed by atoms with van der Waals surface area (Å²) in [6.07, 6.45) is 1.37. The van der Waals surface area contributed by atoms with E-state index in [9.17, 15) is 19.2 Å². The number of ether oxygens (including phenoxy) is 1. The minimum absolute atomic E-state index is 0.0291. The van der Waals surface area contributed by atoms with E-state index >= 15 is 4.39 Å². The van der Waals surface area contributed by atoms with Crippen LogP contribution < -0.4 is 16.0 Å². The fraction of sp³-hybridized carbons (Fsp3) is 0.242. The summed E-state index contributed by atoms with van der Waals surface area (Å²) in [5.74, 6) is -1.66. The highest BCUT2D eigenvalue weighted by Gasteiger charge is 2.21. The van der Waals surface area contributed by atoms with Crippen molar-refractivity contribution in [2.24, 2.45) is 0 Å². The van der Waals surface area contributed by atoms with Gasteiger partial charge in [-0.2, -0.15) is 5.26 Å². The predicted molar refractivity (Wildman–Crippen MR) is 161 cm³/mol. The maximum Gasteiger partial charge on any atom is 0.407 e. The first-order valence-corrected chi connectivity index (χ1v) is 13.9. The molecule has 2 amide bonds. The molecule has 0 aliphatic heterocycles. The molecule has 0 spiro atoms. The Labute approximate surface area is 254 Å². The van der Waals surface area contributed by atoms with Gasteiger partial charge in [0.15, 0.2) is 0 Å². The normalized spacial score (nSPS) is 10.9.